The summed E-state index contributed by atoms with van der Waals surface area (Å²) in [7, 11) is 1.73. The Hall–Kier alpha value is -1.32. The van der Waals surface area contributed by atoms with Gasteiger partial charge in [0.05, 0.1) is 5.92 Å². The highest BCUT2D eigenvalue weighted by atomic mass is 16.4. The van der Waals surface area contributed by atoms with Crippen molar-refractivity contribution in [1.82, 2.24) is 4.90 Å². The summed E-state index contributed by atoms with van der Waals surface area (Å²) in [5.74, 6) is -1.20. The summed E-state index contributed by atoms with van der Waals surface area (Å²) in [4.78, 5) is 24.4. The number of amides is 1. The van der Waals surface area contributed by atoms with E-state index in [9.17, 15) is 9.59 Å². The third-order valence-corrected chi connectivity index (χ3v) is 3.15. The molecular weight excluding hydrogens is 206 g/mol. The Bertz CT molecular complexity index is 288. The van der Waals surface area contributed by atoms with Crippen LogP contribution >= 0.6 is 0 Å². The van der Waals surface area contributed by atoms with Crippen molar-refractivity contribution in [3.63, 3.8) is 0 Å². The molecule has 0 spiro atoms. The van der Waals surface area contributed by atoms with Crippen molar-refractivity contribution in [2.24, 2.45) is 11.8 Å². The molecule has 1 saturated carbocycles. The van der Waals surface area contributed by atoms with Crippen molar-refractivity contribution >= 4 is 11.9 Å². The summed E-state index contributed by atoms with van der Waals surface area (Å²) in [5, 5.41) is 8.94. The molecule has 4 heteroatoms. The van der Waals surface area contributed by atoms with Crippen LogP contribution in [0.15, 0.2) is 12.7 Å². The summed E-state index contributed by atoms with van der Waals surface area (Å²) in [5.41, 5.74) is 0. The Balaban J connectivity index is 2.56. The number of hydrogen-bond donors (Lipinski definition) is 1. The van der Waals surface area contributed by atoms with E-state index in [0.717, 1.165) is 12.8 Å². The average Bonchev–Trinajstić information content (AvgIpc) is 2.28. The van der Waals surface area contributed by atoms with Gasteiger partial charge in [-0.1, -0.05) is 12.5 Å². The lowest BCUT2D eigenvalue weighted by Crippen LogP contribution is -2.36. The molecule has 1 N–H and O–H groups in total. The lowest BCUT2D eigenvalue weighted by atomic mass is 9.81. The third kappa shape index (κ3) is 3.08. The van der Waals surface area contributed by atoms with Crippen molar-refractivity contribution in [3.8, 4) is 0 Å². The van der Waals surface area contributed by atoms with E-state index < -0.39 is 5.97 Å². The highest BCUT2D eigenvalue weighted by Gasteiger charge is 2.32. The minimum Gasteiger partial charge on any atom is -0.481 e. The van der Waals surface area contributed by atoms with Crippen LogP contribution in [0.4, 0.5) is 0 Å². The van der Waals surface area contributed by atoms with Crippen molar-refractivity contribution in [1.29, 1.82) is 0 Å². The second kappa shape index (κ2) is 5.68. The lowest BCUT2D eigenvalue weighted by Gasteiger charge is -2.28. The molecule has 0 saturated heterocycles. The maximum atomic E-state index is 11.9. The summed E-state index contributed by atoms with van der Waals surface area (Å²) in [6.07, 6.45) is 4.49. The van der Waals surface area contributed by atoms with E-state index >= 15 is 0 Å². The van der Waals surface area contributed by atoms with Crippen molar-refractivity contribution < 1.29 is 14.7 Å². The number of carbonyl (C=O) groups excluding carboxylic acids is 1. The number of aliphatic carboxylic acids is 1. The fourth-order valence-electron chi connectivity index (χ4n) is 2.23. The lowest BCUT2D eigenvalue weighted by molar-refractivity contribution is -0.145. The first kappa shape index (κ1) is 12.7. The van der Waals surface area contributed by atoms with Crippen LogP contribution in [0.2, 0.25) is 0 Å². The standard InChI is InChI=1S/C12H19NO3/c1-3-7-13(2)11(14)9-5-4-6-10(8-9)12(15)16/h3,9-10H,1,4-8H2,2H3,(H,15,16). The van der Waals surface area contributed by atoms with Crippen LogP contribution in [0, 0.1) is 11.8 Å². The molecular formula is C12H19NO3. The van der Waals surface area contributed by atoms with Crippen LogP contribution in [-0.2, 0) is 9.59 Å². The van der Waals surface area contributed by atoms with Crippen molar-refractivity contribution in [2.75, 3.05) is 13.6 Å². The maximum absolute atomic E-state index is 11.9. The maximum Gasteiger partial charge on any atom is 0.306 e. The zero-order chi connectivity index (χ0) is 12.1. The molecule has 0 aromatic rings. The Labute approximate surface area is 95.9 Å². The van der Waals surface area contributed by atoms with Gasteiger partial charge in [-0.3, -0.25) is 9.59 Å². The zero-order valence-electron chi connectivity index (χ0n) is 9.69. The van der Waals surface area contributed by atoms with Crippen LogP contribution < -0.4 is 0 Å². The smallest absolute Gasteiger partial charge is 0.306 e. The number of rotatable bonds is 4. The van der Waals surface area contributed by atoms with E-state index in [1.54, 1.807) is 18.0 Å². The van der Waals surface area contributed by atoms with Gasteiger partial charge in [-0.05, 0) is 19.3 Å². The van der Waals surface area contributed by atoms with Crippen LogP contribution in [0.1, 0.15) is 25.7 Å². The third-order valence-electron chi connectivity index (χ3n) is 3.15. The molecule has 90 valence electrons. The molecule has 16 heavy (non-hydrogen) atoms. The molecule has 1 aliphatic rings. The molecule has 1 rings (SSSR count). The fraction of sp³-hybridized carbons (Fsp3) is 0.667. The Morgan fingerprint density at radius 3 is 2.62 bits per heavy atom. The number of carboxylic acids is 1. The highest BCUT2D eigenvalue weighted by Crippen LogP contribution is 2.30. The molecule has 0 radical (unpaired) electrons. The predicted octanol–water partition coefficient (Wildman–Crippen LogP) is 1.52. The average molecular weight is 225 g/mol. The fourth-order valence-corrected chi connectivity index (χ4v) is 2.23. The van der Waals surface area contributed by atoms with E-state index in [2.05, 4.69) is 6.58 Å². The van der Waals surface area contributed by atoms with Gasteiger partial charge in [-0.2, -0.15) is 0 Å². The molecule has 2 atom stereocenters. The molecule has 1 fully saturated rings. The van der Waals surface area contributed by atoms with Gasteiger partial charge in [0.15, 0.2) is 0 Å². The Kier molecular flexibility index (Phi) is 4.52. The molecule has 0 heterocycles. The van der Waals surface area contributed by atoms with Gasteiger partial charge in [0.2, 0.25) is 5.91 Å². The largest absolute Gasteiger partial charge is 0.481 e. The number of carboxylic acid groups (broad SMARTS) is 1. The molecule has 0 aliphatic heterocycles. The molecule has 2 unspecified atom stereocenters. The van der Waals surface area contributed by atoms with Crippen LogP contribution in [-0.4, -0.2) is 35.5 Å². The molecule has 4 nitrogen and oxygen atoms in total. The Morgan fingerprint density at radius 1 is 1.44 bits per heavy atom. The molecule has 1 amide bonds. The van der Waals surface area contributed by atoms with Gasteiger partial charge in [0, 0.05) is 19.5 Å². The topological polar surface area (TPSA) is 57.6 Å². The van der Waals surface area contributed by atoms with Crippen LogP contribution in [0.5, 0.6) is 0 Å². The molecule has 0 aromatic carbocycles. The molecule has 0 bridgehead atoms. The quantitative estimate of drug-likeness (QED) is 0.738. The van der Waals surface area contributed by atoms with Gasteiger partial charge >= 0.3 is 5.97 Å². The minimum absolute atomic E-state index is 0.0471. The van der Waals surface area contributed by atoms with E-state index in [-0.39, 0.29) is 17.7 Å². The van der Waals surface area contributed by atoms with E-state index in [0.29, 0.717) is 19.4 Å². The van der Waals surface area contributed by atoms with Gasteiger partial charge in [0.1, 0.15) is 0 Å². The van der Waals surface area contributed by atoms with Crippen molar-refractivity contribution in [2.45, 2.75) is 25.7 Å². The summed E-state index contributed by atoms with van der Waals surface area (Å²) < 4.78 is 0. The van der Waals surface area contributed by atoms with Crippen molar-refractivity contribution in [3.05, 3.63) is 12.7 Å². The highest BCUT2D eigenvalue weighted by molar-refractivity contribution is 5.80. The number of likely N-dealkylation sites (N-methyl/N-ethyl adjacent to an activating group) is 1. The van der Waals surface area contributed by atoms with E-state index in [1.807, 2.05) is 0 Å². The molecule has 1 aliphatic carbocycles. The first-order valence-electron chi connectivity index (χ1n) is 5.65. The molecule has 0 aromatic heterocycles. The van der Waals surface area contributed by atoms with E-state index in [1.165, 1.54) is 0 Å². The number of carbonyl (C=O) groups is 2. The van der Waals surface area contributed by atoms with Gasteiger partial charge in [-0.25, -0.2) is 0 Å². The Morgan fingerprint density at radius 2 is 2.06 bits per heavy atom. The monoisotopic (exact) mass is 225 g/mol. The summed E-state index contributed by atoms with van der Waals surface area (Å²) >= 11 is 0. The van der Waals surface area contributed by atoms with Gasteiger partial charge in [0.25, 0.3) is 0 Å². The predicted molar refractivity (Wildman–Crippen MR) is 60.9 cm³/mol. The van der Waals surface area contributed by atoms with Gasteiger partial charge < -0.3 is 10.0 Å². The van der Waals surface area contributed by atoms with E-state index in [4.69, 9.17) is 5.11 Å². The number of hydrogen-bond acceptors (Lipinski definition) is 2. The van der Waals surface area contributed by atoms with Crippen LogP contribution in [0.25, 0.3) is 0 Å². The normalized spacial score (nSPS) is 24.8. The first-order valence-corrected chi connectivity index (χ1v) is 5.65. The van der Waals surface area contributed by atoms with Crippen LogP contribution in [0.3, 0.4) is 0 Å². The zero-order valence-corrected chi connectivity index (χ0v) is 9.69. The minimum atomic E-state index is -0.774. The second-order valence-electron chi connectivity index (χ2n) is 4.41. The summed E-state index contributed by atoms with van der Waals surface area (Å²) in [6, 6.07) is 0. The van der Waals surface area contributed by atoms with Gasteiger partial charge in [-0.15, -0.1) is 6.58 Å². The second-order valence-corrected chi connectivity index (χ2v) is 4.41. The summed E-state index contributed by atoms with van der Waals surface area (Å²) in [6.45, 7) is 4.10. The SMILES string of the molecule is C=CCN(C)C(=O)C1CCCC(C(=O)O)C1. The number of nitrogens with zero attached hydrogens (tertiary/aromatic N) is 1. The first-order chi connectivity index (χ1) is 7.56.